The number of amides is 2. The van der Waals surface area contributed by atoms with Crippen LogP contribution in [0.4, 0.5) is 0 Å². The maximum Gasteiger partial charge on any atom is 0.342 e. The third-order valence-corrected chi connectivity index (χ3v) is 4.15. The molecule has 2 aromatic rings. The lowest BCUT2D eigenvalue weighted by Crippen LogP contribution is -2.46. The van der Waals surface area contributed by atoms with E-state index in [1.165, 1.54) is 0 Å². The van der Waals surface area contributed by atoms with Crippen molar-refractivity contribution in [3.63, 3.8) is 0 Å². The van der Waals surface area contributed by atoms with Gasteiger partial charge in [0.1, 0.15) is 11.6 Å². The highest BCUT2D eigenvalue weighted by atomic mass is 16.5. The number of hydrogen-bond donors (Lipinski definition) is 2. The molecule has 150 valence electrons. The number of aryl methyl sites for hydroxylation is 1. The predicted octanol–water partition coefficient (Wildman–Crippen LogP) is 1.68. The molecule has 0 spiro atoms. The Morgan fingerprint density at radius 1 is 1.18 bits per heavy atom. The first-order valence-electron chi connectivity index (χ1n) is 9.21. The third-order valence-electron chi connectivity index (χ3n) is 4.15. The number of nitrogens with one attached hydrogen (secondary N) is 2. The molecule has 0 radical (unpaired) electrons. The molecule has 2 rings (SSSR count). The summed E-state index contributed by atoms with van der Waals surface area (Å²) in [7, 11) is 0. The van der Waals surface area contributed by atoms with Gasteiger partial charge in [-0.2, -0.15) is 5.10 Å². The van der Waals surface area contributed by atoms with Crippen LogP contribution in [-0.4, -0.2) is 46.8 Å². The number of hydrogen-bond acceptors (Lipinski definition) is 5. The van der Waals surface area contributed by atoms with Gasteiger partial charge in [0.2, 0.25) is 5.91 Å². The number of ether oxygens (including phenoxy) is 1. The van der Waals surface area contributed by atoms with E-state index in [4.69, 9.17) is 4.74 Å². The Balaban J connectivity index is 1.97. The van der Waals surface area contributed by atoms with Crippen molar-refractivity contribution in [2.75, 3.05) is 13.2 Å². The number of benzene rings is 1. The zero-order valence-corrected chi connectivity index (χ0v) is 16.6. The van der Waals surface area contributed by atoms with Crippen LogP contribution < -0.4 is 10.6 Å². The lowest BCUT2D eigenvalue weighted by Gasteiger charge is -2.13. The zero-order chi connectivity index (χ0) is 20.7. The highest BCUT2D eigenvalue weighted by Gasteiger charge is 2.22. The fourth-order valence-corrected chi connectivity index (χ4v) is 2.71. The molecule has 1 atom stereocenters. The molecule has 0 fully saturated rings. The summed E-state index contributed by atoms with van der Waals surface area (Å²) in [5.74, 6) is -1.45. The molecule has 0 aliphatic rings. The van der Waals surface area contributed by atoms with Crippen molar-refractivity contribution in [1.29, 1.82) is 0 Å². The molecule has 0 aliphatic carbocycles. The lowest BCUT2D eigenvalue weighted by molar-refractivity contribution is -0.130. The van der Waals surface area contributed by atoms with Gasteiger partial charge < -0.3 is 15.4 Å². The van der Waals surface area contributed by atoms with Gasteiger partial charge in [0.05, 0.1) is 17.1 Å². The van der Waals surface area contributed by atoms with Crippen LogP contribution in [-0.2, 0) is 14.3 Å². The molecular formula is C20H26N4O4. The Morgan fingerprint density at radius 2 is 1.86 bits per heavy atom. The second kappa shape index (κ2) is 9.68. The molecular weight excluding hydrogens is 360 g/mol. The van der Waals surface area contributed by atoms with Gasteiger partial charge in [0.15, 0.2) is 6.61 Å². The molecule has 2 amide bonds. The first-order chi connectivity index (χ1) is 13.3. The van der Waals surface area contributed by atoms with Crippen LogP contribution in [0.5, 0.6) is 0 Å². The maximum absolute atomic E-state index is 12.5. The van der Waals surface area contributed by atoms with Crippen molar-refractivity contribution in [3.8, 4) is 5.69 Å². The fraction of sp³-hybridized carbons (Fsp3) is 0.400. The molecule has 0 aliphatic heterocycles. The van der Waals surface area contributed by atoms with Crippen LogP contribution in [0.15, 0.2) is 30.3 Å². The Labute approximate surface area is 164 Å². The predicted molar refractivity (Wildman–Crippen MR) is 104 cm³/mol. The van der Waals surface area contributed by atoms with E-state index < -0.39 is 24.5 Å². The minimum atomic E-state index is -0.706. The van der Waals surface area contributed by atoms with Crippen molar-refractivity contribution in [3.05, 3.63) is 47.3 Å². The first kappa shape index (κ1) is 21.1. The molecule has 1 aromatic heterocycles. The molecule has 0 unspecified atom stereocenters. The van der Waals surface area contributed by atoms with Crippen molar-refractivity contribution in [1.82, 2.24) is 20.4 Å². The van der Waals surface area contributed by atoms with Gasteiger partial charge in [-0.25, -0.2) is 9.48 Å². The van der Waals surface area contributed by atoms with Gasteiger partial charge >= 0.3 is 5.97 Å². The summed E-state index contributed by atoms with van der Waals surface area (Å²) >= 11 is 0. The lowest BCUT2D eigenvalue weighted by atomic mass is 10.2. The van der Waals surface area contributed by atoms with Gasteiger partial charge in [-0.3, -0.25) is 9.59 Å². The van der Waals surface area contributed by atoms with Crippen LogP contribution in [0.25, 0.3) is 5.69 Å². The topological polar surface area (TPSA) is 102 Å². The standard InChI is InChI=1S/C20H26N4O4/c1-5-11-21-19(26)14(3)22-17(25)12-28-20(27)18-13(2)23-24(15(18)4)16-9-7-6-8-10-16/h6-10,14H,5,11-12H2,1-4H3,(H,21,26)(H,22,25)/t14-/m0/s1. The van der Waals surface area contributed by atoms with Gasteiger partial charge in [-0.1, -0.05) is 25.1 Å². The van der Waals surface area contributed by atoms with Gasteiger partial charge in [0.25, 0.3) is 5.91 Å². The van der Waals surface area contributed by atoms with Crippen LogP contribution in [0.3, 0.4) is 0 Å². The normalized spacial score (nSPS) is 11.6. The van der Waals surface area contributed by atoms with Crippen molar-refractivity contribution in [2.24, 2.45) is 0 Å². The molecule has 1 aromatic carbocycles. The molecule has 2 N–H and O–H groups in total. The number of esters is 1. The highest BCUT2D eigenvalue weighted by Crippen LogP contribution is 2.18. The van der Waals surface area contributed by atoms with Crippen molar-refractivity contribution < 1.29 is 19.1 Å². The minimum absolute atomic E-state index is 0.280. The van der Waals surface area contributed by atoms with E-state index in [-0.39, 0.29) is 5.91 Å². The molecule has 0 saturated carbocycles. The van der Waals surface area contributed by atoms with Crippen molar-refractivity contribution >= 4 is 17.8 Å². The third kappa shape index (κ3) is 5.18. The Bertz CT molecular complexity index is 845. The number of aromatic nitrogens is 2. The average molecular weight is 386 g/mol. The Kier molecular flexibility index (Phi) is 7.31. The van der Waals surface area contributed by atoms with E-state index in [0.29, 0.717) is 23.5 Å². The largest absolute Gasteiger partial charge is 0.452 e. The quantitative estimate of drug-likeness (QED) is 0.672. The zero-order valence-electron chi connectivity index (χ0n) is 16.6. The van der Waals surface area contributed by atoms with Gasteiger partial charge in [0, 0.05) is 6.54 Å². The van der Waals surface area contributed by atoms with Crippen LogP contribution in [0.2, 0.25) is 0 Å². The highest BCUT2D eigenvalue weighted by molar-refractivity contribution is 5.94. The van der Waals surface area contributed by atoms with E-state index in [2.05, 4.69) is 15.7 Å². The van der Waals surface area contributed by atoms with E-state index >= 15 is 0 Å². The summed E-state index contributed by atoms with van der Waals surface area (Å²) in [6.07, 6.45) is 0.805. The summed E-state index contributed by atoms with van der Waals surface area (Å²) in [5, 5.41) is 9.59. The summed E-state index contributed by atoms with van der Waals surface area (Å²) < 4.78 is 6.79. The first-order valence-corrected chi connectivity index (χ1v) is 9.21. The SMILES string of the molecule is CCCNC(=O)[C@H](C)NC(=O)COC(=O)c1c(C)nn(-c2ccccc2)c1C. The second-order valence-corrected chi connectivity index (χ2v) is 6.45. The van der Waals surface area contributed by atoms with E-state index in [1.807, 2.05) is 37.3 Å². The van der Waals surface area contributed by atoms with E-state index in [0.717, 1.165) is 12.1 Å². The molecule has 8 nitrogen and oxygen atoms in total. The number of nitrogens with zero attached hydrogens (tertiary/aromatic N) is 2. The smallest absolute Gasteiger partial charge is 0.342 e. The Morgan fingerprint density at radius 3 is 2.50 bits per heavy atom. The van der Waals surface area contributed by atoms with Crippen LogP contribution in [0, 0.1) is 13.8 Å². The molecule has 0 bridgehead atoms. The fourth-order valence-electron chi connectivity index (χ4n) is 2.71. The van der Waals surface area contributed by atoms with Crippen LogP contribution >= 0.6 is 0 Å². The number of carbonyl (C=O) groups excluding carboxylic acids is 3. The summed E-state index contributed by atoms with van der Waals surface area (Å²) in [6.45, 7) is 7.06. The number of rotatable bonds is 8. The summed E-state index contributed by atoms with van der Waals surface area (Å²) in [6, 6.07) is 8.71. The summed E-state index contributed by atoms with van der Waals surface area (Å²) in [5.41, 5.74) is 2.29. The molecule has 8 heteroatoms. The molecule has 28 heavy (non-hydrogen) atoms. The van der Waals surface area contributed by atoms with E-state index in [9.17, 15) is 14.4 Å². The van der Waals surface area contributed by atoms with Crippen LogP contribution in [0.1, 0.15) is 42.0 Å². The van der Waals surface area contributed by atoms with E-state index in [1.54, 1.807) is 25.5 Å². The van der Waals surface area contributed by atoms with Gasteiger partial charge in [-0.05, 0) is 39.3 Å². The number of para-hydroxylation sites is 1. The van der Waals surface area contributed by atoms with Crippen molar-refractivity contribution in [2.45, 2.75) is 40.2 Å². The minimum Gasteiger partial charge on any atom is -0.452 e. The maximum atomic E-state index is 12.5. The molecule has 1 heterocycles. The summed E-state index contributed by atoms with van der Waals surface area (Å²) in [4.78, 5) is 36.2. The average Bonchev–Trinajstić information content (AvgIpc) is 2.99. The Hall–Kier alpha value is -3.16. The second-order valence-electron chi connectivity index (χ2n) is 6.45. The van der Waals surface area contributed by atoms with Gasteiger partial charge in [-0.15, -0.1) is 0 Å². The molecule has 0 saturated heterocycles. The monoisotopic (exact) mass is 386 g/mol. The number of carbonyl (C=O) groups is 3.